The van der Waals surface area contributed by atoms with Crippen LogP contribution in [0, 0.1) is 0 Å². The molecule has 0 heterocycles. The van der Waals surface area contributed by atoms with E-state index in [1.54, 1.807) is 7.11 Å². The quantitative estimate of drug-likeness (QED) is 0.808. The first-order valence-electron chi connectivity index (χ1n) is 6.25. The van der Waals surface area contributed by atoms with Crippen LogP contribution in [0.1, 0.15) is 31.2 Å². The van der Waals surface area contributed by atoms with E-state index in [1.165, 1.54) is 5.56 Å². The fourth-order valence-corrected chi connectivity index (χ4v) is 2.27. The number of aryl methyl sites for hydroxylation is 1. The Bertz CT molecular complexity index is 380. The minimum Gasteiger partial charge on any atom is -0.497 e. The van der Waals surface area contributed by atoms with Gasteiger partial charge in [0.1, 0.15) is 5.75 Å². The molecule has 1 aromatic rings. The maximum atomic E-state index is 10.3. The first-order valence-corrected chi connectivity index (χ1v) is 6.25. The molecule has 0 spiro atoms. The molecule has 92 valence electrons. The topological polar surface area (TPSA) is 29.5 Å². The molecule has 2 rings (SSSR count). The third kappa shape index (κ3) is 3.34. The fraction of sp³-hybridized carbons (Fsp3) is 0.467. The van der Waals surface area contributed by atoms with Crippen molar-refractivity contribution in [3.05, 3.63) is 42.0 Å². The smallest absolute Gasteiger partial charge is 0.118 e. The highest BCUT2D eigenvalue weighted by molar-refractivity contribution is 5.27. The second-order valence-electron chi connectivity index (χ2n) is 4.75. The lowest BCUT2D eigenvalue weighted by Crippen LogP contribution is -2.28. The van der Waals surface area contributed by atoms with Crippen molar-refractivity contribution in [3.8, 4) is 5.75 Å². The van der Waals surface area contributed by atoms with Crippen molar-refractivity contribution in [2.24, 2.45) is 0 Å². The lowest BCUT2D eigenvalue weighted by Gasteiger charge is -2.27. The van der Waals surface area contributed by atoms with Crippen molar-refractivity contribution in [2.45, 2.75) is 37.7 Å². The number of rotatable bonds is 4. The molecule has 1 aromatic carbocycles. The van der Waals surface area contributed by atoms with Crippen LogP contribution in [-0.2, 0) is 6.42 Å². The summed E-state index contributed by atoms with van der Waals surface area (Å²) in [5.74, 6) is 0.880. The molecular formula is C15H20O2. The van der Waals surface area contributed by atoms with Gasteiger partial charge < -0.3 is 9.84 Å². The van der Waals surface area contributed by atoms with Crippen molar-refractivity contribution in [2.75, 3.05) is 7.11 Å². The predicted molar refractivity (Wildman–Crippen MR) is 69.3 cm³/mol. The zero-order valence-corrected chi connectivity index (χ0v) is 10.4. The molecule has 0 amide bonds. The van der Waals surface area contributed by atoms with Crippen molar-refractivity contribution in [1.29, 1.82) is 0 Å². The van der Waals surface area contributed by atoms with Gasteiger partial charge in [0.15, 0.2) is 0 Å². The Morgan fingerprint density at radius 2 is 2.06 bits per heavy atom. The third-order valence-corrected chi connectivity index (χ3v) is 3.41. The van der Waals surface area contributed by atoms with Crippen molar-refractivity contribution < 1.29 is 9.84 Å². The average molecular weight is 232 g/mol. The minimum atomic E-state index is -0.585. The van der Waals surface area contributed by atoms with Gasteiger partial charge in [-0.1, -0.05) is 24.3 Å². The Morgan fingerprint density at radius 3 is 2.65 bits per heavy atom. The minimum absolute atomic E-state index is 0.585. The van der Waals surface area contributed by atoms with Gasteiger partial charge in [0.25, 0.3) is 0 Å². The van der Waals surface area contributed by atoms with Crippen molar-refractivity contribution in [1.82, 2.24) is 0 Å². The van der Waals surface area contributed by atoms with Crippen LogP contribution in [0.4, 0.5) is 0 Å². The van der Waals surface area contributed by atoms with E-state index in [1.807, 2.05) is 18.2 Å². The largest absolute Gasteiger partial charge is 0.497 e. The van der Waals surface area contributed by atoms with Crippen LogP contribution in [0.15, 0.2) is 36.4 Å². The van der Waals surface area contributed by atoms with Crippen LogP contribution < -0.4 is 4.74 Å². The summed E-state index contributed by atoms with van der Waals surface area (Å²) in [6.45, 7) is 0. The lowest BCUT2D eigenvalue weighted by atomic mass is 9.86. The zero-order chi connectivity index (χ0) is 12.1. The summed E-state index contributed by atoms with van der Waals surface area (Å²) in [4.78, 5) is 0. The van der Waals surface area contributed by atoms with Gasteiger partial charge in [-0.3, -0.25) is 0 Å². The van der Waals surface area contributed by atoms with Crippen LogP contribution >= 0.6 is 0 Å². The Labute approximate surface area is 103 Å². The number of aliphatic hydroxyl groups is 1. The molecule has 0 bridgehead atoms. The SMILES string of the molecule is COc1ccc(CCC2(O)C=CCCC2)cc1. The fourth-order valence-electron chi connectivity index (χ4n) is 2.27. The summed E-state index contributed by atoms with van der Waals surface area (Å²) in [7, 11) is 1.67. The summed E-state index contributed by atoms with van der Waals surface area (Å²) in [5, 5.41) is 10.3. The first-order chi connectivity index (χ1) is 8.22. The van der Waals surface area contributed by atoms with Gasteiger partial charge in [-0.15, -0.1) is 0 Å². The predicted octanol–water partition coefficient (Wildman–Crippen LogP) is 3.10. The monoisotopic (exact) mass is 232 g/mol. The molecule has 0 saturated carbocycles. The molecule has 2 heteroatoms. The van der Waals surface area contributed by atoms with Crippen molar-refractivity contribution >= 4 is 0 Å². The molecular weight excluding hydrogens is 212 g/mol. The van der Waals surface area contributed by atoms with Crippen molar-refractivity contribution in [3.63, 3.8) is 0 Å². The van der Waals surface area contributed by atoms with Gasteiger partial charge in [0.2, 0.25) is 0 Å². The maximum Gasteiger partial charge on any atom is 0.118 e. The van der Waals surface area contributed by atoms with E-state index in [0.717, 1.165) is 37.9 Å². The van der Waals surface area contributed by atoms with Gasteiger partial charge in [-0.05, 0) is 49.8 Å². The molecule has 17 heavy (non-hydrogen) atoms. The maximum absolute atomic E-state index is 10.3. The Balaban J connectivity index is 1.92. The Hall–Kier alpha value is -1.28. The number of hydrogen-bond acceptors (Lipinski definition) is 2. The van der Waals surface area contributed by atoms with Crippen LogP contribution in [-0.4, -0.2) is 17.8 Å². The van der Waals surface area contributed by atoms with E-state index in [4.69, 9.17) is 4.74 Å². The van der Waals surface area contributed by atoms with Crippen LogP contribution in [0.5, 0.6) is 5.75 Å². The van der Waals surface area contributed by atoms with Gasteiger partial charge in [-0.2, -0.15) is 0 Å². The highest BCUT2D eigenvalue weighted by Crippen LogP contribution is 2.27. The van der Waals surface area contributed by atoms with Crippen LogP contribution in [0.2, 0.25) is 0 Å². The molecule has 1 atom stereocenters. The Kier molecular flexibility index (Phi) is 3.85. The standard InChI is InChI=1S/C15H20O2/c1-17-14-7-5-13(6-8-14)9-12-15(16)10-3-2-4-11-15/h3,5-8,10,16H,2,4,9,11-12H2,1H3. The summed E-state index contributed by atoms with van der Waals surface area (Å²) in [6, 6.07) is 8.07. The normalized spacial score (nSPS) is 23.6. The number of benzene rings is 1. The number of ether oxygens (including phenoxy) is 1. The number of methoxy groups -OCH3 is 1. The summed E-state index contributed by atoms with van der Waals surface area (Å²) in [6.07, 6.45) is 8.86. The van der Waals surface area contributed by atoms with E-state index < -0.39 is 5.60 Å². The summed E-state index contributed by atoms with van der Waals surface area (Å²) < 4.78 is 5.12. The number of hydrogen-bond donors (Lipinski definition) is 1. The highest BCUT2D eigenvalue weighted by Gasteiger charge is 2.24. The lowest BCUT2D eigenvalue weighted by molar-refractivity contribution is 0.0660. The highest BCUT2D eigenvalue weighted by atomic mass is 16.5. The summed E-state index contributed by atoms with van der Waals surface area (Å²) in [5.41, 5.74) is 0.663. The van der Waals surface area contributed by atoms with E-state index in [2.05, 4.69) is 18.2 Å². The second kappa shape index (κ2) is 5.37. The molecule has 0 aromatic heterocycles. The zero-order valence-electron chi connectivity index (χ0n) is 10.4. The second-order valence-corrected chi connectivity index (χ2v) is 4.75. The molecule has 0 fully saturated rings. The van der Waals surface area contributed by atoms with Gasteiger partial charge in [-0.25, -0.2) is 0 Å². The van der Waals surface area contributed by atoms with Gasteiger partial charge >= 0.3 is 0 Å². The molecule has 1 aliphatic carbocycles. The van der Waals surface area contributed by atoms with E-state index >= 15 is 0 Å². The average Bonchev–Trinajstić information content (AvgIpc) is 2.38. The van der Waals surface area contributed by atoms with Gasteiger partial charge in [0.05, 0.1) is 12.7 Å². The van der Waals surface area contributed by atoms with Crippen LogP contribution in [0.25, 0.3) is 0 Å². The number of allylic oxidation sites excluding steroid dienone is 1. The Morgan fingerprint density at radius 1 is 1.29 bits per heavy atom. The molecule has 2 nitrogen and oxygen atoms in total. The van der Waals surface area contributed by atoms with E-state index in [9.17, 15) is 5.11 Å². The molecule has 0 saturated heterocycles. The molecule has 1 aliphatic rings. The molecule has 0 aliphatic heterocycles. The third-order valence-electron chi connectivity index (χ3n) is 3.41. The first kappa shape index (κ1) is 12.2. The van der Waals surface area contributed by atoms with E-state index in [0.29, 0.717) is 0 Å². The van der Waals surface area contributed by atoms with Gasteiger partial charge in [0, 0.05) is 0 Å². The molecule has 1 unspecified atom stereocenters. The van der Waals surface area contributed by atoms with Crippen LogP contribution in [0.3, 0.4) is 0 Å². The summed E-state index contributed by atoms with van der Waals surface area (Å²) >= 11 is 0. The molecule has 0 radical (unpaired) electrons. The molecule has 1 N–H and O–H groups in total. The van der Waals surface area contributed by atoms with E-state index in [-0.39, 0.29) is 0 Å².